The van der Waals surface area contributed by atoms with Crippen molar-refractivity contribution in [2.45, 2.75) is 84.3 Å². The number of amides is 2. The molecule has 0 aromatic heterocycles. The summed E-state index contributed by atoms with van der Waals surface area (Å²) in [6.07, 6.45) is 4.02. The molecule has 1 rings (SSSR count). The predicted octanol–water partition coefficient (Wildman–Crippen LogP) is 3.24. The van der Waals surface area contributed by atoms with Gasteiger partial charge in [-0.05, 0) is 39.5 Å². The Morgan fingerprint density at radius 1 is 1.29 bits per heavy atom. The van der Waals surface area contributed by atoms with Crippen molar-refractivity contribution < 1.29 is 14.7 Å². The standard InChI is InChI=1S/C16H30N2O3/c1-6-11(2)13(18(15(20)21)16(3,4)5)14(19)17-12-9-7-8-10-12/h11-13H,6-10H2,1-5H3,(H,17,19)(H,20,21)/t11-,13-/m1/s1. The number of carbonyl (C=O) groups excluding carboxylic acids is 1. The average Bonchev–Trinajstić information content (AvgIpc) is 2.85. The van der Waals surface area contributed by atoms with Crippen molar-refractivity contribution in [3.63, 3.8) is 0 Å². The second kappa shape index (κ2) is 7.14. The number of hydrogen-bond donors (Lipinski definition) is 2. The maximum absolute atomic E-state index is 12.7. The Hall–Kier alpha value is -1.26. The zero-order valence-electron chi connectivity index (χ0n) is 14.0. The summed E-state index contributed by atoms with van der Waals surface area (Å²) in [7, 11) is 0. The number of nitrogens with one attached hydrogen (secondary N) is 1. The van der Waals surface area contributed by atoms with E-state index in [-0.39, 0.29) is 17.9 Å². The molecule has 0 saturated heterocycles. The number of hydrogen-bond acceptors (Lipinski definition) is 2. The highest BCUT2D eigenvalue weighted by atomic mass is 16.4. The molecule has 0 bridgehead atoms. The largest absolute Gasteiger partial charge is 0.465 e. The first-order chi connectivity index (χ1) is 9.68. The molecule has 1 saturated carbocycles. The van der Waals surface area contributed by atoms with E-state index < -0.39 is 17.7 Å². The molecule has 21 heavy (non-hydrogen) atoms. The smallest absolute Gasteiger partial charge is 0.408 e. The fourth-order valence-corrected chi connectivity index (χ4v) is 3.03. The Morgan fingerprint density at radius 3 is 2.19 bits per heavy atom. The number of nitrogens with zero attached hydrogens (tertiary/aromatic N) is 1. The highest BCUT2D eigenvalue weighted by Gasteiger charge is 2.40. The molecule has 0 spiro atoms. The van der Waals surface area contributed by atoms with Crippen molar-refractivity contribution in [1.29, 1.82) is 0 Å². The van der Waals surface area contributed by atoms with Gasteiger partial charge in [0.2, 0.25) is 5.91 Å². The van der Waals surface area contributed by atoms with Crippen molar-refractivity contribution in [2.75, 3.05) is 0 Å². The van der Waals surface area contributed by atoms with Crippen molar-refractivity contribution in [1.82, 2.24) is 10.2 Å². The lowest BCUT2D eigenvalue weighted by atomic mass is 9.92. The van der Waals surface area contributed by atoms with E-state index in [9.17, 15) is 14.7 Å². The number of carbonyl (C=O) groups is 2. The van der Waals surface area contributed by atoms with E-state index in [4.69, 9.17) is 0 Å². The van der Waals surface area contributed by atoms with Crippen molar-refractivity contribution in [2.24, 2.45) is 5.92 Å². The molecule has 5 heteroatoms. The minimum atomic E-state index is -1.03. The van der Waals surface area contributed by atoms with Gasteiger partial charge in [0, 0.05) is 11.6 Å². The van der Waals surface area contributed by atoms with E-state index in [0.717, 1.165) is 32.1 Å². The van der Waals surface area contributed by atoms with Crippen LogP contribution in [0.15, 0.2) is 0 Å². The molecule has 0 heterocycles. The Balaban J connectivity index is 2.96. The lowest BCUT2D eigenvalue weighted by Gasteiger charge is -2.41. The van der Waals surface area contributed by atoms with Crippen molar-refractivity contribution in [3.05, 3.63) is 0 Å². The SMILES string of the molecule is CC[C@@H](C)[C@H](C(=O)NC1CCCC1)N(C(=O)O)C(C)(C)C. The van der Waals surface area contributed by atoms with Crippen LogP contribution in [0.1, 0.15) is 66.7 Å². The Labute approximate surface area is 128 Å². The average molecular weight is 298 g/mol. The van der Waals surface area contributed by atoms with Gasteiger partial charge in [0.25, 0.3) is 0 Å². The van der Waals surface area contributed by atoms with Crippen LogP contribution < -0.4 is 5.32 Å². The van der Waals surface area contributed by atoms with Crippen LogP contribution in [-0.4, -0.2) is 39.6 Å². The lowest BCUT2D eigenvalue weighted by molar-refractivity contribution is -0.130. The Morgan fingerprint density at radius 2 is 1.81 bits per heavy atom. The molecule has 0 aromatic rings. The molecule has 2 atom stereocenters. The van der Waals surface area contributed by atoms with Gasteiger partial charge in [0.15, 0.2) is 0 Å². The van der Waals surface area contributed by atoms with Crippen molar-refractivity contribution >= 4 is 12.0 Å². The minimum absolute atomic E-state index is 0.0123. The quantitative estimate of drug-likeness (QED) is 0.818. The monoisotopic (exact) mass is 298 g/mol. The van der Waals surface area contributed by atoms with E-state index in [2.05, 4.69) is 5.32 Å². The maximum Gasteiger partial charge on any atom is 0.408 e. The van der Waals surface area contributed by atoms with E-state index >= 15 is 0 Å². The van der Waals surface area contributed by atoms with E-state index in [1.807, 2.05) is 34.6 Å². The molecule has 5 nitrogen and oxygen atoms in total. The fourth-order valence-electron chi connectivity index (χ4n) is 3.03. The third-order valence-electron chi connectivity index (χ3n) is 4.36. The summed E-state index contributed by atoms with van der Waals surface area (Å²) in [5.41, 5.74) is -0.604. The van der Waals surface area contributed by atoms with Gasteiger partial charge in [-0.1, -0.05) is 33.1 Å². The lowest BCUT2D eigenvalue weighted by Crippen LogP contribution is -2.60. The summed E-state index contributed by atoms with van der Waals surface area (Å²) in [4.78, 5) is 25.7. The van der Waals surface area contributed by atoms with Crippen LogP contribution in [0, 0.1) is 5.92 Å². The van der Waals surface area contributed by atoms with Gasteiger partial charge in [-0.2, -0.15) is 0 Å². The van der Waals surface area contributed by atoms with E-state index in [0.29, 0.717) is 0 Å². The zero-order valence-corrected chi connectivity index (χ0v) is 14.0. The summed E-state index contributed by atoms with van der Waals surface area (Å²) >= 11 is 0. The molecule has 2 N–H and O–H groups in total. The molecular weight excluding hydrogens is 268 g/mol. The first kappa shape index (κ1) is 17.8. The first-order valence-electron chi connectivity index (χ1n) is 8.01. The summed E-state index contributed by atoms with van der Waals surface area (Å²) in [6.45, 7) is 9.43. The molecule has 0 radical (unpaired) electrons. The zero-order chi connectivity index (χ0) is 16.2. The first-order valence-corrected chi connectivity index (χ1v) is 8.01. The Bertz CT molecular complexity index is 370. The highest BCUT2D eigenvalue weighted by Crippen LogP contribution is 2.25. The van der Waals surface area contributed by atoms with Gasteiger partial charge in [-0.15, -0.1) is 0 Å². The third-order valence-corrected chi connectivity index (χ3v) is 4.36. The second-order valence-electron chi connectivity index (χ2n) is 7.14. The van der Waals surface area contributed by atoms with Gasteiger partial charge in [-0.3, -0.25) is 9.69 Å². The predicted molar refractivity (Wildman–Crippen MR) is 83.3 cm³/mol. The van der Waals surface area contributed by atoms with Crippen LogP contribution >= 0.6 is 0 Å². The van der Waals surface area contributed by atoms with Gasteiger partial charge >= 0.3 is 6.09 Å². The van der Waals surface area contributed by atoms with Gasteiger partial charge < -0.3 is 10.4 Å². The number of carboxylic acid groups (broad SMARTS) is 1. The second-order valence-corrected chi connectivity index (χ2v) is 7.14. The fraction of sp³-hybridized carbons (Fsp3) is 0.875. The van der Waals surface area contributed by atoms with Crippen LogP contribution in [-0.2, 0) is 4.79 Å². The molecular formula is C16H30N2O3. The highest BCUT2D eigenvalue weighted by molar-refractivity contribution is 5.86. The summed E-state index contributed by atoms with van der Waals surface area (Å²) in [5, 5.41) is 12.6. The number of rotatable bonds is 5. The maximum atomic E-state index is 12.7. The van der Waals surface area contributed by atoms with E-state index in [1.54, 1.807) is 0 Å². The van der Waals surface area contributed by atoms with Crippen LogP contribution in [0.2, 0.25) is 0 Å². The summed E-state index contributed by atoms with van der Waals surface area (Å²) in [6, 6.07) is -0.423. The molecule has 0 aliphatic heterocycles. The van der Waals surface area contributed by atoms with Gasteiger partial charge in [0.05, 0.1) is 0 Å². The molecule has 1 aliphatic carbocycles. The normalized spacial score (nSPS) is 19.1. The van der Waals surface area contributed by atoms with Gasteiger partial charge in [0.1, 0.15) is 6.04 Å². The minimum Gasteiger partial charge on any atom is -0.465 e. The molecule has 0 aromatic carbocycles. The third kappa shape index (κ3) is 4.61. The van der Waals surface area contributed by atoms with Gasteiger partial charge in [-0.25, -0.2) is 4.79 Å². The van der Waals surface area contributed by atoms with Crippen LogP contribution in [0.5, 0.6) is 0 Å². The summed E-state index contributed by atoms with van der Waals surface area (Å²) in [5.74, 6) is -0.157. The molecule has 122 valence electrons. The van der Waals surface area contributed by atoms with E-state index in [1.165, 1.54) is 4.90 Å². The molecule has 0 unspecified atom stereocenters. The van der Waals surface area contributed by atoms with Crippen LogP contribution in [0.3, 0.4) is 0 Å². The molecule has 1 fully saturated rings. The molecule has 1 aliphatic rings. The van der Waals surface area contributed by atoms with Crippen LogP contribution in [0.25, 0.3) is 0 Å². The summed E-state index contributed by atoms with van der Waals surface area (Å²) < 4.78 is 0. The molecule has 2 amide bonds. The Kier molecular flexibility index (Phi) is 6.05. The topological polar surface area (TPSA) is 69.6 Å². The van der Waals surface area contributed by atoms with Crippen molar-refractivity contribution in [3.8, 4) is 0 Å². The van der Waals surface area contributed by atoms with Crippen LogP contribution in [0.4, 0.5) is 4.79 Å².